The van der Waals surface area contributed by atoms with E-state index in [2.05, 4.69) is 32.3 Å². The summed E-state index contributed by atoms with van der Waals surface area (Å²) in [5.41, 5.74) is 1.03. The lowest BCUT2D eigenvalue weighted by Gasteiger charge is -2.33. The van der Waals surface area contributed by atoms with Crippen LogP contribution in [-0.4, -0.2) is 71.1 Å². The number of rotatable bonds is 8. The van der Waals surface area contributed by atoms with Gasteiger partial charge in [-0.15, -0.1) is 0 Å². The highest BCUT2D eigenvalue weighted by Gasteiger charge is 2.24. The second-order valence-electron chi connectivity index (χ2n) is 6.86. The quantitative estimate of drug-likeness (QED) is 0.454. The number of H-pyrrole nitrogens is 1. The van der Waals surface area contributed by atoms with Crippen LogP contribution in [-0.2, 0) is 6.54 Å². The Morgan fingerprint density at radius 3 is 2.83 bits per heavy atom. The summed E-state index contributed by atoms with van der Waals surface area (Å²) < 4.78 is 10.9. The monoisotopic (exact) mass is 402 g/mol. The van der Waals surface area contributed by atoms with Crippen LogP contribution in [0, 0.1) is 0 Å². The number of nitrogens with zero attached hydrogens (tertiary/aromatic N) is 4. The van der Waals surface area contributed by atoms with E-state index < -0.39 is 0 Å². The van der Waals surface area contributed by atoms with E-state index in [-0.39, 0.29) is 13.2 Å². The minimum Gasteiger partial charge on any atom is -0.493 e. The lowest BCUT2D eigenvalue weighted by Crippen LogP contribution is -2.45. The maximum Gasteiger partial charge on any atom is 0.194 e. The standard InChI is InChI=1S/C20H30N6O3/c1-3-21-20(26-8-6-16(7-9-26)19-23-14-24-25-19)22-13-15-4-5-17(29-11-10-27)18(12-15)28-2/h4-5,12,14,16,27H,3,6-11,13H2,1-2H3,(H,21,22)(H,23,24,25). The zero-order valence-corrected chi connectivity index (χ0v) is 17.1. The van der Waals surface area contributed by atoms with Gasteiger partial charge in [-0.2, -0.15) is 5.10 Å². The molecule has 9 heteroatoms. The second kappa shape index (κ2) is 10.7. The molecule has 1 aliphatic heterocycles. The van der Waals surface area contributed by atoms with Crippen LogP contribution in [0.5, 0.6) is 11.5 Å². The molecule has 1 saturated heterocycles. The van der Waals surface area contributed by atoms with E-state index >= 15 is 0 Å². The van der Waals surface area contributed by atoms with Crippen LogP contribution in [0.4, 0.5) is 0 Å². The van der Waals surface area contributed by atoms with E-state index in [1.165, 1.54) is 0 Å². The van der Waals surface area contributed by atoms with Crippen LogP contribution in [0.3, 0.4) is 0 Å². The Labute approximate surface area is 171 Å². The van der Waals surface area contributed by atoms with E-state index in [4.69, 9.17) is 19.6 Å². The fraction of sp³-hybridized carbons (Fsp3) is 0.550. The first-order valence-corrected chi connectivity index (χ1v) is 10.0. The Hall–Kier alpha value is -2.81. The van der Waals surface area contributed by atoms with Crippen LogP contribution in [0.25, 0.3) is 0 Å². The molecule has 3 rings (SSSR count). The van der Waals surface area contributed by atoms with Crippen molar-refractivity contribution in [3.63, 3.8) is 0 Å². The maximum atomic E-state index is 8.93. The number of benzene rings is 1. The predicted octanol–water partition coefficient (Wildman–Crippen LogP) is 1.53. The number of piperidine rings is 1. The number of methoxy groups -OCH3 is 1. The predicted molar refractivity (Wildman–Crippen MR) is 110 cm³/mol. The molecule has 0 unspecified atom stereocenters. The first kappa shape index (κ1) is 20.9. The van der Waals surface area contributed by atoms with Gasteiger partial charge in [0.1, 0.15) is 18.8 Å². The minimum atomic E-state index is -0.0334. The summed E-state index contributed by atoms with van der Waals surface area (Å²) in [5, 5.41) is 19.3. The number of hydrogen-bond donors (Lipinski definition) is 3. The molecule has 3 N–H and O–H groups in total. The molecule has 158 valence electrons. The van der Waals surface area contributed by atoms with Crippen molar-refractivity contribution < 1.29 is 14.6 Å². The van der Waals surface area contributed by atoms with E-state index in [1.807, 2.05) is 18.2 Å². The number of aromatic amines is 1. The second-order valence-corrected chi connectivity index (χ2v) is 6.86. The zero-order valence-electron chi connectivity index (χ0n) is 17.1. The highest BCUT2D eigenvalue weighted by molar-refractivity contribution is 5.80. The third-order valence-electron chi connectivity index (χ3n) is 4.94. The summed E-state index contributed by atoms with van der Waals surface area (Å²) in [6.45, 7) is 5.49. The number of aliphatic imine (C=N–C) groups is 1. The lowest BCUT2D eigenvalue weighted by molar-refractivity contribution is 0.196. The van der Waals surface area contributed by atoms with Crippen LogP contribution in [0.2, 0.25) is 0 Å². The molecule has 0 aliphatic carbocycles. The van der Waals surface area contributed by atoms with Crippen molar-refractivity contribution in [2.24, 2.45) is 4.99 Å². The Morgan fingerprint density at radius 1 is 1.34 bits per heavy atom. The molecule has 0 amide bonds. The van der Waals surface area contributed by atoms with E-state index in [0.717, 1.165) is 49.8 Å². The van der Waals surface area contributed by atoms with Gasteiger partial charge in [0.15, 0.2) is 17.5 Å². The van der Waals surface area contributed by atoms with Gasteiger partial charge in [-0.3, -0.25) is 5.10 Å². The molecule has 0 spiro atoms. The zero-order chi connectivity index (χ0) is 20.5. The van der Waals surface area contributed by atoms with E-state index in [9.17, 15) is 0 Å². The summed E-state index contributed by atoms with van der Waals surface area (Å²) in [6, 6.07) is 5.75. The van der Waals surface area contributed by atoms with Crippen molar-refractivity contribution in [1.29, 1.82) is 0 Å². The van der Waals surface area contributed by atoms with Crippen LogP contribution in [0.15, 0.2) is 29.5 Å². The molecule has 9 nitrogen and oxygen atoms in total. The number of aliphatic hydroxyl groups excluding tert-OH is 1. The number of aromatic nitrogens is 3. The topological polar surface area (TPSA) is 108 Å². The highest BCUT2D eigenvalue weighted by atomic mass is 16.5. The molecule has 1 fully saturated rings. The van der Waals surface area contributed by atoms with Gasteiger partial charge in [-0.25, -0.2) is 9.98 Å². The van der Waals surface area contributed by atoms with Crippen molar-refractivity contribution >= 4 is 5.96 Å². The molecule has 0 bridgehead atoms. The third-order valence-corrected chi connectivity index (χ3v) is 4.94. The number of likely N-dealkylation sites (tertiary alicyclic amines) is 1. The lowest BCUT2D eigenvalue weighted by atomic mass is 9.96. The Morgan fingerprint density at radius 2 is 2.17 bits per heavy atom. The molecule has 0 atom stereocenters. The average molecular weight is 402 g/mol. The first-order chi connectivity index (χ1) is 14.2. The number of hydrogen-bond acceptors (Lipinski definition) is 6. The Balaban J connectivity index is 1.63. The molecule has 29 heavy (non-hydrogen) atoms. The van der Waals surface area contributed by atoms with E-state index in [1.54, 1.807) is 13.4 Å². The number of ether oxygens (including phenoxy) is 2. The van der Waals surface area contributed by atoms with Crippen molar-refractivity contribution in [2.45, 2.75) is 32.2 Å². The van der Waals surface area contributed by atoms with Crippen molar-refractivity contribution in [1.82, 2.24) is 25.4 Å². The molecule has 0 radical (unpaired) electrons. The molecule has 2 aromatic rings. The van der Waals surface area contributed by atoms with Gasteiger partial charge < -0.3 is 24.8 Å². The van der Waals surface area contributed by atoms with Crippen LogP contribution >= 0.6 is 0 Å². The van der Waals surface area contributed by atoms with Crippen molar-refractivity contribution in [3.8, 4) is 11.5 Å². The molecule has 1 aliphatic rings. The Bertz CT molecular complexity index is 773. The van der Waals surface area contributed by atoms with Crippen LogP contribution in [0.1, 0.15) is 37.1 Å². The summed E-state index contributed by atoms with van der Waals surface area (Å²) in [5.74, 6) is 3.58. The molecule has 1 aromatic heterocycles. The van der Waals surface area contributed by atoms with Gasteiger partial charge in [0.2, 0.25) is 0 Å². The van der Waals surface area contributed by atoms with Gasteiger partial charge in [-0.05, 0) is 37.5 Å². The van der Waals surface area contributed by atoms with Gasteiger partial charge in [0.25, 0.3) is 0 Å². The van der Waals surface area contributed by atoms with Gasteiger partial charge >= 0.3 is 0 Å². The molecular formula is C20H30N6O3. The summed E-state index contributed by atoms with van der Waals surface area (Å²) >= 11 is 0. The van der Waals surface area contributed by atoms with Gasteiger partial charge in [-0.1, -0.05) is 6.07 Å². The summed E-state index contributed by atoms with van der Waals surface area (Å²) in [7, 11) is 1.61. The van der Waals surface area contributed by atoms with Crippen molar-refractivity contribution in [2.75, 3.05) is 40.0 Å². The normalized spacial score (nSPS) is 15.4. The number of guanidine groups is 1. The largest absolute Gasteiger partial charge is 0.493 e. The third kappa shape index (κ3) is 5.60. The summed E-state index contributed by atoms with van der Waals surface area (Å²) in [4.78, 5) is 11.4. The maximum absolute atomic E-state index is 8.93. The van der Waals surface area contributed by atoms with E-state index in [0.29, 0.717) is 24.0 Å². The van der Waals surface area contributed by atoms with Crippen molar-refractivity contribution in [3.05, 3.63) is 35.9 Å². The molecular weight excluding hydrogens is 372 g/mol. The summed E-state index contributed by atoms with van der Waals surface area (Å²) in [6.07, 6.45) is 3.61. The smallest absolute Gasteiger partial charge is 0.194 e. The fourth-order valence-electron chi connectivity index (χ4n) is 3.45. The SMILES string of the molecule is CCNC(=NCc1ccc(OCCO)c(OC)c1)N1CCC(c2ncn[nH]2)CC1. The molecule has 1 aromatic carbocycles. The first-order valence-electron chi connectivity index (χ1n) is 10.0. The van der Waals surface area contributed by atoms with Gasteiger partial charge in [0, 0.05) is 25.6 Å². The van der Waals surface area contributed by atoms with Crippen LogP contribution < -0.4 is 14.8 Å². The fourth-order valence-corrected chi connectivity index (χ4v) is 3.45. The number of aliphatic hydroxyl groups is 1. The van der Waals surface area contributed by atoms with Gasteiger partial charge in [0.05, 0.1) is 20.3 Å². The minimum absolute atomic E-state index is 0.0334. The highest BCUT2D eigenvalue weighted by Crippen LogP contribution is 2.28. The molecule has 0 saturated carbocycles. The number of nitrogens with one attached hydrogen (secondary N) is 2. The molecule has 2 heterocycles. The Kier molecular flexibility index (Phi) is 7.69. The average Bonchev–Trinajstić information content (AvgIpc) is 3.30.